The number of amides is 1. The minimum atomic E-state index is -4.41. The van der Waals surface area contributed by atoms with Crippen molar-refractivity contribution in [2.45, 2.75) is 6.18 Å². The van der Waals surface area contributed by atoms with Gasteiger partial charge < -0.3 is 10.2 Å². The molecule has 2 rings (SSSR count). The summed E-state index contributed by atoms with van der Waals surface area (Å²) in [4.78, 5) is 13.9. The van der Waals surface area contributed by atoms with Crippen molar-refractivity contribution < 1.29 is 18.0 Å². The van der Waals surface area contributed by atoms with Crippen LogP contribution in [0.4, 0.5) is 24.5 Å². The third-order valence-electron chi connectivity index (χ3n) is 3.12. The molecule has 0 saturated carbocycles. The molecule has 0 radical (unpaired) electrons. The fourth-order valence-electron chi connectivity index (χ4n) is 1.86. The molecule has 0 heterocycles. The number of benzene rings is 2. The minimum absolute atomic E-state index is 0.171. The molecule has 0 saturated heterocycles. The topological polar surface area (TPSA) is 32.3 Å². The van der Waals surface area contributed by atoms with Crippen molar-refractivity contribution in [2.75, 3.05) is 24.3 Å². The van der Waals surface area contributed by atoms with Crippen LogP contribution in [-0.4, -0.2) is 20.0 Å². The number of hydrogen-bond acceptors (Lipinski definition) is 2. The monoisotopic (exact) mass is 308 g/mol. The van der Waals surface area contributed by atoms with Gasteiger partial charge in [0.2, 0.25) is 0 Å². The summed E-state index contributed by atoms with van der Waals surface area (Å²) < 4.78 is 37.4. The van der Waals surface area contributed by atoms with Gasteiger partial charge in [-0.1, -0.05) is 0 Å². The predicted molar refractivity (Wildman–Crippen MR) is 80.2 cm³/mol. The van der Waals surface area contributed by atoms with E-state index in [1.165, 1.54) is 0 Å². The van der Waals surface area contributed by atoms with Crippen LogP contribution in [0.2, 0.25) is 0 Å². The average Bonchev–Trinajstić information content (AvgIpc) is 2.47. The largest absolute Gasteiger partial charge is 0.416 e. The molecule has 116 valence electrons. The van der Waals surface area contributed by atoms with E-state index in [2.05, 4.69) is 5.32 Å². The van der Waals surface area contributed by atoms with Gasteiger partial charge in [-0.3, -0.25) is 4.79 Å². The summed E-state index contributed by atoms with van der Waals surface area (Å²) in [6, 6.07) is 11.2. The molecule has 0 spiro atoms. The van der Waals surface area contributed by atoms with E-state index in [1.54, 1.807) is 12.1 Å². The van der Waals surface area contributed by atoms with E-state index < -0.39 is 17.6 Å². The summed E-state index contributed by atoms with van der Waals surface area (Å²) in [6.45, 7) is 0. The molecule has 3 nitrogen and oxygen atoms in total. The van der Waals surface area contributed by atoms with Crippen molar-refractivity contribution in [3.05, 3.63) is 59.7 Å². The Hall–Kier alpha value is -2.50. The lowest BCUT2D eigenvalue weighted by Crippen LogP contribution is -2.13. The molecule has 0 aliphatic heterocycles. The van der Waals surface area contributed by atoms with Gasteiger partial charge in [-0.05, 0) is 48.5 Å². The van der Waals surface area contributed by atoms with Crippen LogP contribution in [0.25, 0.3) is 0 Å². The number of hydrogen-bond donors (Lipinski definition) is 1. The van der Waals surface area contributed by atoms with Crippen LogP contribution in [0.1, 0.15) is 15.9 Å². The van der Waals surface area contributed by atoms with E-state index in [1.807, 2.05) is 31.1 Å². The zero-order valence-electron chi connectivity index (χ0n) is 12.1. The molecule has 0 bridgehead atoms. The molecule has 0 unspecified atom stereocenters. The van der Waals surface area contributed by atoms with Crippen LogP contribution < -0.4 is 10.2 Å². The van der Waals surface area contributed by atoms with Crippen LogP contribution in [0.5, 0.6) is 0 Å². The van der Waals surface area contributed by atoms with Crippen LogP contribution in [0.3, 0.4) is 0 Å². The van der Waals surface area contributed by atoms with Gasteiger partial charge in [0.05, 0.1) is 5.56 Å². The molecule has 22 heavy (non-hydrogen) atoms. The summed E-state index contributed by atoms with van der Waals surface area (Å²) in [5.74, 6) is -0.452. The number of rotatable bonds is 3. The third kappa shape index (κ3) is 3.78. The Labute approximate surface area is 126 Å². The fourth-order valence-corrected chi connectivity index (χ4v) is 1.86. The molecule has 1 amide bonds. The second kappa shape index (κ2) is 6.09. The lowest BCUT2D eigenvalue weighted by Gasteiger charge is -2.13. The smallest absolute Gasteiger partial charge is 0.378 e. The highest BCUT2D eigenvalue weighted by molar-refractivity contribution is 6.04. The highest BCUT2D eigenvalue weighted by atomic mass is 19.4. The van der Waals surface area contributed by atoms with Crippen LogP contribution >= 0.6 is 0 Å². The maximum atomic E-state index is 12.5. The Morgan fingerprint density at radius 1 is 0.955 bits per heavy atom. The van der Waals surface area contributed by atoms with Crippen molar-refractivity contribution >= 4 is 17.3 Å². The standard InChI is InChI=1S/C16H15F3N2O/c1-21(2)14-9-7-13(8-10-14)20-15(22)11-3-5-12(6-4-11)16(17,18)19/h3-10H,1-2H3,(H,20,22). The quantitative estimate of drug-likeness (QED) is 0.928. The number of carbonyl (C=O) groups is 1. The van der Waals surface area contributed by atoms with Crippen LogP contribution in [0.15, 0.2) is 48.5 Å². The highest BCUT2D eigenvalue weighted by Gasteiger charge is 2.30. The molecule has 0 aromatic heterocycles. The van der Waals surface area contributed by atoms with Gasteiger partial charge in [-0.2, -0.15) is 13.2 Å². The molecule has 2 aromatic carbocycles. The molecule has 0 fully saturated rings. The zero-order valence-corrected chi connectivity index (χ0v) is 12.1. The molecule has 1 N–H and O–H groups in total. The summed E-state index contributed by atoms with van der Waals surface area (Å²) in [5, 5.41) is 2.64. The van der Waals surface area contributed by atoms with Crippen LogP contribution in [-0.2, 0) is 6.18 Å². The van der Waals surface area contributed by atoms with E-state index in [4.69, 9.17) is 0 Å². The van der Waals surface area contributed by atoms with E-state index in [0.29, 0.717) is 5.69 Å². The first-order valence-corrected chi connectivity index (χ1v) is 6.53. The molecule has 0 aliphatic carbocycles. The molecule has 0 atom stereocenters. The third-order valence-corrected chi connectivity index (χ3v) is 3.12. The zero-order chi connectivity index (χ0) is 16.3. The van der Waals surface area contributed by atoms with E-state index in [9.17, 15) is 18.0 Å². The molecular weight excluding hydrogens is 293 g/mol. The Kier molecular flexibility index (Phi) is 4.40. The molecule has 2 aromatic rings. The highest BCUT2D eigenvalue weighted by Crippen LogP contribution is 2.29. The van der Waals surface area contributed by atoms with Gasteiger partial charge >= 0.3 is 6.18 Å². The maximum Gasteiger partial charge on any atom is 0.416 e. The lowest BCUT2D eigenvalue weighted by molar-refractivity contribution is -0.137. The second-order valence-corrected chi connectivity index (χ2v) is 4.97. The number of nitrogens with one attached hydrogen (secondary N) is 1. The van der Waals surface area contributed by atoms with Gasteiger partial charge in [0, 0.05) is 31.0 Å². The first-order valence-electron chi connectivity index (χ1n) is 6.53. The van der Waals surface area contributed by atoms with Gasteiger partial charge in [-0.25, -0.2) is 0 Å². The Balaban J connectivity index is 2.09. The lowest BCUT2D eigenvalue weighted by atomic mass is 10.1. The molecular formula is C16H15F3N2O. The van der Waals surface area contributed by atoms with E-state index in [0.717, 1.165) is 30.0 Å². The number of anilines is 2. The summed E-state index contributed by atoms with van der Waals surface area (Å²) in [5.41, 5.74) is 0.951. The predicted octanol–water partition coefficient (Wildman–Crippen LogP) is 4.02. The number of alkyl halides is 3. The van der Waals surface area contributed by atoms with Crippen molar-refractivity contribution in [3.63, 3.8) is 0 Å². The van der Waals surface area contributed by atoms with E-state index in [-0.39, 0.29) is 5.56 Å². The second-order valence-electron chi connectivity index (χ2n) is 4.97. The maximum absolute atomic E-state index is 12.5. The first kappa shape index (κ1) is 15.9. The normalized spacial score (nSPS) is 11.1. The fraction of sp³-hybridized carbons (Fsp3) is 0.188. The summed E-state index contributed by atoms with van der Waals surface area (Å²) >= 11 is 0. The van der Waals surface area contributed by atoms with E-state index >= 15 is 0 Å². The number of carbonyl (C=O) groups excluding carboxylic acids is 1. The van der Waals surface area contributed by atoms with Gasteiger partial charge in [0.15, 0.2) is 0 Å². The Bertz CT molecular complexity index is 647. The molecule has 6 heteroatoms. The Morgan fingerprint density at radius 3 is 1.95 bits per heavy atom. The van der Waals surface area contributed by atoms with Gasteiger partial charge in [0.1, 0.15) is 0 Å². The Morgan fingerprint density at radius 2 is 1.50 bits per heavy atom. The van der Waals surface area contributed by atoms with Crippen molar-refractivity contribution in [1.82, 2.24) is 0 Å². The SMILES string of the molecule is CN(C)c1ccc(NC(=O)c2ccc(C(F)(F)F)cc2)cc1. The van der Waals surface area contributed by atoms with Crippen molar-refractivity contribution in [1.29, 1.82) is 0 Å². The summed E-state index contributed by atoms with van der Waals surface area (Å²) in [6.07, 6.45) is -4.41. The average molecular weight is 308 g/mol. The van der Waals surface area contributed by atoms with Crippen molar-refractivity contribution in [3.8, 4) is 0 Å². The first-order chi connectivity index (χ1) is 10.3. The van der Waals surface area contributed by atoms with Crippen LogP contribution in [0, 0.1) is 0 Å². The van der Waals surface area contributed by atoms with Crippen molar-refractivity contribution in [2.24, 2.45) is 0 Å². The minimum Gasteiger partial charge on any atom is -0.378 e. The van der Waals surface area contributed by atoms with Gasteiger partial charge in [0.25, 0.3) is 5.91 Å². The number of halogens is 3. The molecule has 0 aliphatic rings. The number of nitrogens with zero attached hydrogens (tertiary/aromatic N) is 1. The van der Waals surface area contributed by atoms with Gasteiger partial charge in [-0.15, -0.1) is 0 Å². The summed E-state index contributed by atoms with van der Waals surface area (Å²) in [7, 11) is 3.80.